The quantitative estimate of drug-likeness (QED) is 0.523. The van der Waals surface area contributed by atoms with Gasteiger partial charge < -0.3 is 4.85 Å². The maximum atomic E-state index is 6.90. The van der Waals surface area contributed by atoms with E-state index in [-0.39, 0.29) is 0 Å². The Kier molecular flexibility index (Phi) is 1.68. The normalized spacial score (nSPS) is 42.9. The smallest absolute Gasteiger partial charge is 0.217 e. The van der Waals surface area contributed by atoms with Crippen molar-refractivity contribution in [3.8, 4) is 0 Å². The van der Waals surface area contributed by atoms with Gasteiger partial charge in [-0.25, -0.2) is 6.57 Å². The molecule has 3 unspecified atom stereocenters. The topological polar surface area (TPSA) is 4.36 Å². The van der Waals surface area contributed by atoms with Crippen molar-refractivity contribution in [1.29, 1.82) is 0 Å². The summed E-state index contributed by atoms with van der Waals surface area (Å²) in [6.45, 7) is 12.5. The van der Waals surface area contributed by atoms with Gasteiger partial charge in [0, 0.05) is 5.92 Å². The zero-order valence-electron chi connectivity index (χ0n) is 8.01. The highest BCUT2D eigenvalue weighted by atomic mass is 14.7. The minimum Gasteiger partial charge on any atom is -0.317 e. The van der Waals surface area contributed by atoms with Crippen molar-refractivity contribution in [3.63, 3.8) is 0 Å². The number of hydrogen-bond donors (Lipinski definition) is 0. The van der Waals surface area contributed by atoms with Crippen LogP contribution in [0.25, 0.3) is 4.85 Å². The van der Waals surface area contributed by atoms with Crippen molar-refractivity contribution in [3.05, 3.63) is 11.4 Å². The van der Waals surface area contributed by atoms with Gasteiger partial charge in [0.25, 0.3) is 0 Å². The first-order valence-electron chi connectivity index (χ1n) is 4.99. The first kappa shape index (κ1) is 8.10. The molecule has 12 heavy (non-hydrogen) atoms. The lowest BCUT2D eigenvalue weighted by Crippen LogP contribution is -2.52. The van der Waals surface area contributed by atoms with E-state index in [1.165, 1.54) is 19.3 Å². The first-order chi connectivity index (χ1) is 5.66. The van der Waals surface area contributed by atoms with Crippen LogP contribution in [0, 0.1) is 29.7 Å². The molecule has 0 heterocycles. The zero-order valence-corrected chi connectivity index (χ0v) is 8.01. The molecule has 3 fully saturated rings. The van der Waals surface area contributed by atoms with Gasteiger partial charge in [-0.2, -0.15) is 0 Å². The molecule has 2 bridgehead atoms. The van der Waals surface area contributed by atoms with E-state index >= 15 is 0 Å². The molecule has 0 aromatic carbocycles. The van der Waals surface area contributed by atoms with E-state index in [0.29, 0.717) is 5.41 Å². The summed E-state index contributed by atoms with van der Waals surface area (Å²) in [6.07, 6.45) is 4.11. The summed E-state index contributed by atoms with van der Waals surface area (Å²) in [5, 5.41) is 0. The van der Waals surface area contributed by atoms with E-state index in [1.54, 1.807) is 0 Å². The highest BCUT2D eigenvalue weighted by Gasteiger charge is 2.54. The molecule has 0 radical (unpaired) electrons. The number of nitrogens with zero attached hydrogens (tertiary/aromatic N) is 1. The highest BCUT2D eigenvalue weighted by molar-refractivity contribution is 5.04. The fourth-order valence-corrected chi connectivity index (χ4v) is 3.30. The largest absolute Gasteiger partial charge is 0.317 e. The molecule has 0 aromatic rings. The summed E-state index contributed by atoms with van der Waals surface area (Å²) in [5.41, 5.74) is 0.563. The molecule has 3 rings (SSSR count). The second-order valence-corrected chi connectivity index (χ2v) is 5.04. The second-order valence-electron chi connectivity index (χ2n) is 5.04. The van der Waals surface area contributed by atoms with Gasteiger partial charge in [0.2, 0.25) is 6.54 Å². The lowest BCUT2D eigenvalue weighted by atomic mass is 9.45. The Morgan fingerprint density at radius 2 is 2.17 bits per heavy atom. The molecular weight excluding hydrogens is 146 g/mol. The maximum absolute atomic E-state index is 6.90. The van der Waals surface area contributed by atoms with Crippen LogP contribution in [0.3, 0.4) is 0 Å². The van der Waals surface area contributed by atoms with Crippen molar-refractivity contribution < 1.29 is 0 Å². The van der Waals surface area contributed by atoms with Crippen molar-refractivity contribution in [2.24, 2.45) is 23.2 Å². The molecule has 0 saturated heterocycles. The maximum Gasteiger partial charge on any atom is 0.217 e. The molecule has 3 aliphatic rings. The fraction of sp³-hybridized carbons (Fsp3) is 0.909. The van der Waals surface area contributed by atoms with Crippen molar-refractivity contribution in [2.75, 3.05) is 6.54 Å². The summed E-state index contributed by atoms with van der Waals surface area (Å²) >= 11 is 0. The average Bonchev–Trinajstić information content (AvgIpc) is 2.05. The third kappa shape index (κ3) is 0.905. The predicted molar refractivity (Wildman–Crippen MR) is 49.6 cm³/mol. The first-order valence-corrected chi connectivity index (χ1v) is 4.99. The van der Waals surface area contributed by atoms with Crippen molar-refractivity contribution >= 4 is 0 Å². The van der Waals surface area contributed by atoms with Gasteiger partial charge in [0.05, 0.1) is 0 Å². The molecule has 1 heteroatoms. The summed E-state index contributed by atoms with van der Waals surface area (Å²) in [6, 6.07) is 0. The summed E-state index contributed by atoms with van der Waals surface area (Å²) in [7, 11) is 0. The molecule has 66 valence electrons. The number of fused-ring (bicyclic) bond motifs is 2. The summed E-state index contributed by atoms with van der Waals surface area (Å²) in [4.78, 5) is 3.55. The predicted octanol–water partition coefficient (Wildman–Crippen LogP) is 2.98. The van der Waals surface area contributed by atoms with Crippen LogP contribution in [-0.4, -0.2) is 6.54 Å². The second kappa shape index (κ2) is 2.49. The van der Waals surface area contributed by atoms with Crippen LogP contribution in [0.15, 0.2) is 0 Å². The summed E-state index contributed by atoms with van der Waals surface area (Å²) < 4.78 is 0. The Labute approximate surface area is 75.0 Å². The minimum atomic E-state index is 0.563. The molecular formula is C11H17N. The van der Waals surface area contributed by atoms with Crippen LogP contribution in [-0.2, 0) is 0 Å². The molecule has 1 nitrogen and oxygen atoms in total. The van der Waals surface area contributed by atoms with E-state index in [1.807, 2.05) is 0 Å². The number of hydrogen-bond acceptors (Lipinski definition) is 0. The molecule has 3 atom stereocenters. The highest BCUT2D eigenvalue weighted by Crippen LogP contribution is 2.61. The molecule has 0 N–H and O–H groups in total. The van der Waals surface area contributed by atoms with Gasteiger partial charge in [-0.1, -0.05) is 13.8 Å². The standard InChI is InChI=1S/C11H17N/c1-11(2)9-5-4-8(7-12-3)10(11)6-9/h8-10H,4-7H2,1-2H3. The van der Waals surface area contributed by atoms with Gasteiger partial charge in [-0.15, -0.1) is 0 Å². The minimum absolute atomic E-state index is 0.563. The molecule has 0 amide bonds. The monoisotopic (exact) mass is 163 g/mol. The molecule has 0 spiro atoms. The Hall–Kier alpha value is -0.510. The van der Waals surface area contributed by atoms with Gasteiger partial charge in [-0.05, 0) is 36.5 Å². The molecule has 3 aliphatic carbocycles. The Balaban J connectivity index is 2.07. The van der Waals surface area contributed by atoms with E-state index in [4.69, 9.17) is 6.57 Å². The number of rotatable bonds is 1. The van der Waals surface area contributed by atoms with E-state index in [2.05, 4.69) is 18.7 Å². The van der Waals surface area contributed by atoms with Crippen LogP contribution in [0.1, 0.15) is 33.1 Å². The van der Waals surface area contributed by atoms with Gasteiger partial charge in [-0.3, -0.25) is 0 Å². The van der Waals surface area contributed by atoms with Crippen LogP contribution in [0.4, 0.5) is 0 Å². The van der Waals surface area contributed by atoms with Gasteiger partial charge in [0.15, 0.2) is 0 Å². The lowest BCUT2D eigenvalue weighted by Gasteiger charge is -2.59. The van der Waals surface area contributed by atoms with Gasteiger partial charge in [0.1, 0.15) is 0 Å². The SMILES string of the molecule is [C-]#[N+]CC1CCC2CC1C2(C)C. The Morgan fingerprint density at radius 1 is 1.42 bits per heavy atom. The van der Waals surface area contributed by atoms with E-state index < -0.39 is 0 Å². The third-order valence-electron chi connectivity index (χ3n) is 4.33. The Bertz CT molecular complexity index is 222. The van der Waals surface area contributed by atoms with E-state index in [9.17, 15) is 0 Å². The van der Waals surface area contributed by atoms with E-state index in [0.717, 1.165) is 24.3 Å². The molecule has 3 saturated carbocycles. The van der Waals surface area contributed by atoms with Crippen molar-refractivity contribution in [1.82, 2.24) is 0 Å². The van der Waals surface area contributed by atoms with Gasteiger partial charge >= 0.3 is 0 Å². The van der Waals surface area contributed by atoms with Crippen LogP contribution < -0.4 is 0 Å². The lowest BCUT2D eigenvalue weighted by molar-refractivity contribution is -0.0994. The van der Waals surface area contributed by atoms with Crippen molar-refractivity contribution in [2.45, 2.75) is 33.1 Å². The summed E-state index contributed by atoms with van der Waals surface area (Å²) in [5.74, 6) is 2.57. The van der Waals surface area contributed by atoms with Crippen LogP contribution >= 0.6 is 0 Å². The molecule has 0 aliphatic heterocycles. The fourth-order valence-electron chi connectivity index (χ4n) is 3.30. The molecule has 0 aromatic heterocycles. The average molecular weight is 163 g/mol. The van der Waals surface area contributed by atoms with Crippen LogP contribution in [0.2, 0.25) is 0 Å². The third-order valence-corrected chi connectivity index (χ3v) is 4.33. The van der Waals surface area contributed by atoms with Crippen LogP contribution in [0.5, 0.6) is 0 Å². The zero-order chi connectivity index (χ0) is 8.77. The Morgan fingerprint density at radius 3 is 2.67 bits per heavy atom.